The van der Waals surface area contributed by atoms with Gasteiger partial charge in [0.1, 0.15) is 12.1 Å². The third-order valence-electron chi connectivity index (χ3n) is 2.15. The summed E-state index contributed by atoms with van der Waals surface area (Å²) in [6, 6.07) is 5.90. The molecule has 2 N–H and O–H groups in total. The molecular weight excluding hydrogens is 230 g/mol. The summed E-state index contributed by atoms with van der Waals surface area (Å²) < 4.78 is 7.11. The first-order valence-corrected chi connectivity index (χ1v) is 6.04. The SMILES string of the molecule is C[n+]1ccccc1NCCNC(=O)OC(C)(C)C. The lowest BCUT2D eigenvalue weighted by Crippen LogP contribution is -2.37. The van der Waals surface area contributed by atoms with Crippen molar-refractivity contribution in [2.75, 3.05) is 18.4 Å². The number of carbonyl (C=O) groups is 1. The first-order chi connectivity index (χ1) is 8.38. The van der Waals surface area contributed by atoms with Crippen molar-refractivity contribution in [3.63, 3.8) is 0 Å². The molecule has 5 nitrogen and oxygen atoms in total. The number of anilines is 1. The van der Waals surface area contributed by atoms with Crippen molar-refractivity contribution in [3.05, 3.63) is 24.4 Å². The quantitative estimate of drug-likeness (QED) is 0.630. The summed E-state index contributed by atoms with van der Waals surface area (Å²) in [5.41, 5.74) is -0.455. The van der Waals surface area contributed by atoms with Crippen LogP contribution in [-0.2, 0) is 11.8 Å². The summed E-state index contributed by atoms with van der Waals surface area (Å²) in [4.78, 5) is 11.4. The predicted octanol–water partition coefficient (Wildman–Crippen LogP) is 1.45. The molecule has 18 heavy (non-hydrogen) atoms. The third-order valence-corrected chi connectivity index (χ3v) is 2.15. The zero-order valence-corrected chi connectivity index (χ0v) is 11.5. The molecular formula is C13H22N3O2+. The highest BCUT2D eigenvalue weighted by Gasteiger charge is 2.15. The molecule has 1 rings (SSSR count). The Hall–Kier alpha value is -1.78. The van der Waals surface area contributed by atoms with E-state index in [-0.39, 0.29) is 6.09 Å². The first kappa shape index (κ1) is 14.3. The Morgan fingerprint density at radius 2 is 2.06 bits per heavy atom. The fourth-order valence-electron chi connectivity index (χ4n) is 1.38. The second kappa shape index (κ2) is 6.23. The van der Waals surface area contributed by atoms with Crippen molar-refractivity contribution in [2.45, 2.75) is 26.4 Å². The van der Waals surface area contributed by atoms with E-state index >= 15 is 0 Å². The standard InChI is InChI=1S/C13H21N3O2/c1-13(2,3)18-12(17)15-9-8-14-11-7-5-6-10-16(11)4/h5-7,10H,8-9H2,1-4H3,(H,15,17)/p+1. The maximum absolute atomic E-state index is 11.4. The number of amides is 1. The van der Waals surface area contributed by atoms with Crippen LogP contribution in [0.15, 0.2) is 24.4 Å². The van der Waals surface area contributed by atoms with Crippen LogP contribution in [-0.4, -0.2) is 24.8 Å². The lowest BCUT2D eigenvalue weighted by molar-refractivity contribution is -0.657. The van der Waals surface area contributed by atoms with Gasteiger partial charge in [-0.2, -0.15) is 0 Å². The monoisotopic (exact) mass is 252 g/mol. The van der Waals surface area contributed by atoms with Crippen LogP contribution in [0, 0.1) is 0 Å². The van der Waals surface area contributed by atoms with Gasteiger partial charge < -0.3 is 10.1 Å². The fourth-order valence-corrected chi connectivity index (χ4v) is 1.38. The van der Waals surface area contributed by atoms with Crippen LogP contribution in [0.2, 0.25) is 0 Å². The first-order valence-electron chi connectivity index (χ1n) is 6.04. The molecule has 1 heterocycles. The van der Waals surface area contributed by atoms with E-state index in [0.717, 1.165) is 5.82 Å². The summed E-state index contributed by atoms with van der Waals surface area (Å²) in [7, 11) is 1.96. The van der Waals surface area contributed by atoms with Crippen LogP contribution in [0.5, 0.6) is 0 Å². The Morgan fingerprint density at radius 1 is 1.33 bits per heavy atom. The van der Waals surface area contributed by atoms with Crippen LogP contribution in [0.25, 0.3) is 0 Å². The van der Waals surface area contributed by atoms with E-state index in [4.69, 9.17) is 4.74 Å². The number of aromatic nitrogens is 1. The number of ether oxygens (including phenoxy) is 1. The highest BCUT2D eigenvalue weighted by Crippen LogP contribution is 2.06. The molecule has 100 valence electrons. The van der Waals surface area contributed by atoms with Crippen molar-refractivity contribution in [3.8, 4) is 0 Å². The van der Waals surface area contributed by atoms with Gasteiger partial charge in [0.15, 0.2) is 0 Å². The number of nitrogens with one attached hydrogen (secondary N) is 2. The van der Waals surface area contributed by atoms with Crippen molar-refractivity contribution in [2.24, 2.45) is 7.05 Å². The highest BCUT2D eigenvalue weighted by molar-refractivity contribution is 5.67. The number of carbonyl (C=O) groups excluding carboxylic acids is 1. The van der Waals surface area contributed by atoms with Gasteiger partial charge in [0, 0.05) is 6.07 Å². The van der Waals surface area contributed by atoms with Gasteiger partial charge in [-0.15, -0.1) is 0 Å². The van der Waals surface area contributed by atoms with Gasteiger partial charge in [-0.1, -0.05) is 6.07 Å². The molecule has 0 aliphatic carbocycles. The molecule has 0 unspecified atom stereocenters. The van der Waals surface area contributed by atoms with Crippen LogP contribution in [0.3, 0.4) is 0 Å². The molecule has 0 bridgehead atoms. The van der Waals surface area contributed by atoms with Crippen molar-refractivity contribution in [1.82, 2.24) is 5.32 Å². The van der Waals surface area contributed by atoms with Crippen molar-refractivity contribution < 1.29 is 14.1 Å². The molecule has 0 spiro atoms. The average molecular weight is 252 g/mol. The molecule has 1 aromatic rings. The molecule has 0 atom stereocenters. The Kier molecular flexibility index (Phi) is 4.95. The van der Waals surface area contributed by atoms with E-state index in [0.29, 0.717) is 13.1 Å². The zero-order chi connectivity index (χ0) is 13.6. The maximum Gasteiger partial charge on any atom is 0.407 e. The van der Waals surface area contributed by atoms with E-state index in [1.807, 2.05) is 56.8 Å². The van der Waals surface area contributed by atoms with Crippen LogP contribution < -0.4 is 15.2 Å². The van der Waals surface area contributed by atoms with E-state index in [1.165, 1.54) is 0 Å². The molecule has 0 aromatic carbocycles. The van der Waals surface area contributed by atoms with Gasteiger partial charge in [0.05, 0.1) is 19.8 Å². The predicted molar refractivity (Wildman–Crippen MR) is 70.3 cm³/mol. The van der Waals surface area contributed by atoms with Gasteiger partial charge in [-0.3, -0.25) is 5.32 Å². The minimum atomic E-state index is -0.455. The van der Waals surface area contributed by atoms with Gasteiger partial charge in [-0.05, 0) is 26.8 Å². The number of alkyl carbamates (subject to hydrolysis) is 1. The second-order valence-corrected chi connectivity index (χ2v) is 5.05. The van der Waals surface area contributed by atoms with E-state index in [9.17, 15) is 4.79 Å². The zero-order valence-electron chi connectivity index (χ0n) is 11.5. The smallest absolute Gasteiger partial charge is 0.407 e. The molecule has 1 amide bonds. The van der Waals surface area contributed by atoms with Crippen LogP contribution in [0.1, 0.15) is 20.8 Å². The molecule has 5 heteroatoms. The Balaban J connectivity index is 2.23. The van der Waals surface area contributed by atoms with E-state index in [1.54, 1.807) is 0 Å². The van der Waals surface area contributed by atoms with Crippen molar-refractivity contribution >= 4 is 11.9 Å². The number of hydrogen-bond acceptors (Lipinski definition) is 3. The summed E-state index contributed by atoms with van der Waals surface area (Å²) in [6.07, 6.45) is 1.57. The van der Waals surface area contributed by atoms with E-state index < -0.39 is 5.60 Å². The second-order valence-electron chi connectivity index (χ2n) is 5.05. The van der Waals surface area contributed by atoms with Gasteiger partial charge in [-0.25, -0.2) is 9.36 Å². The number of hydrogen-bond donors (Lipinski definition) is 2. The summed E-state index contributed by atoms with van der Waals surface area (Å²) >= 11 is 0. The average Bonchev–Trinajstić information content (AvgIpc) is 2.24. The molecule has 0 aliphatic heterocycles. The van der Waals surface area contributed by atoms with Gasteiger partial charge in [0.25, 0.3) is 5.82 Å². The number of rotatable bonds is 4. The van der Waals surface area contributed by atoms with Gasteiger partial charge in [0.2, 0.25) is 0 Å². The third kappa shape index (κ3) is 5.52. The maximum atomic E-state index is 11.4. The molecule has 0 aliphatic rings. The lowest BCUT2D eigenvalue weighted by atomic mass is 10.2. The minimum Gasteiger partial charge on any atom is -0.444 e. The minimum absolute atomic E-state index is 0.387. The van der Waals surface area contributed by atoms with Crippen LogP contribution >= 0.6 is 0 Å². The molecule has 0 fully saturated rings. The summed E-state index contributed by atoms with van der Waals surface area (Å²) in [5, 5.41) is 5.92. The summed E-state index contributed by atoms with van der Waals surface area (Å²) in [6.45, 7) is 6.69. The van der Waals surface area contributed by atoms with Crippen molar-refractivity contribution in [1.29, 1.82) is 0 Å². The Morgan fingerprint density at radius 3 is 2.67 bits per heavy atom. The highest BCUT2D eigenvalue weighted by atomic mass is 16.6. The molecule has 0 saturated carbocycles. The number of nitrogens with zero attached hydrogens (tertiary/aromatic N) is 1. The topological polar surface area (TPSA) is 54.2 Å². The van der Waals surface area contributed by atoms with Crippen LogP contribution in [0.4, 0.5) is 10.6 Å². The largest absolute Gasteiger partial charge is 0.444 e. The molecule has 0 radical (unpaired) electrons. The summed E-state index contributed by atoms with van der Waals surface area (Å²) in [5.74, 6) is 1.00. The fraction of sp³-hybridized carbons (Fsp3) is 0.538. The number of pyridine rings is 1. The molecule has 1 aromatic heterocycles. The molecule has 0 saturated heterocycles. The Bertz CT molecular complexity index is 399. The lowest BCUT2D eigenvalue weighted by Gasteiger charge is -2.19. The normalized spacial score (nSPS) is 10.9. The van der Waals surface area contributed by atoms with Gasteiger partial charge >= 0.3 is 6.09 Å². The van der Waals surface area contributed by atoms with E-state index in [2.05, 4.69) is 10.6 Å². The number of aryl methyl sites for hydroxylation is 1. The Labute approximate surface area is 108 Å².